The maximum absolute atomic E-state index is 13.7. The monoisotopic (exact) mass is 345 g/mol. The number of carboxylic acids is 1. The molecule has 1 unspecified atom stereocenters. The summed E-state index contributed by atoms with van der Waals surface area (Å²) >= 11 is 0. The molecule has 0 aromatic heterocycles. The van der Waals surface area contributed by atoms with Gasteiger partial charge in [0.15, 0.2) is 11.6 Å². The van der Waals surface area contributed by atoms with Crippen LogP contribution in [0.2, 0.25) is 0 Å². The third kappa shape index (κ3) is 5.87. The molecule has 0 saturated heterocycles. The Labute approximate surface area is 147 Å². The molecule has 25 heavy (non-hydrogen) atoms. The van der Waals surface area contributed by atoms with E-state index in [0.29, 0.717) is 19.4 Å². The average Bonchev–Trinajstić information content (AvgIpc) is 2.59. The van der Waals surface area contributed by atoms with Crippen LogP contribution in [0.3, 0.4) is 0 Å². The van der Waals surface area contributed by atoms with Crippen LogP contribution in [0.5, 0.6) is 5.75 Å². The quantitative estimate of drug-likeness (QED) is 0.732. The molecular formula is C20H24FNO3. The van der Waals surface area contributed by atoms with Crippen LogP contribution in [0.25, 0.3) is 0 Å². The van der Waals surface area contributed by atoms with Crippen molar-refractivity contribution >= 4 is 5.97 Å². The topological polar surface area (TPSA) is 58.6 Å². The molecule has 0 aliphatic heterocycles. The molecule has 0 aliphatic carbocycles. The maximum atomic E-state index is 13.7. The highest BCUT2D eigenvalue weighted by molar-refractivity contribution is 5.73. The average molecular weight is 345 g/mol. The van der Waals surface area contributed by atoms with Crippen molar-refractivity contribution < 1.29 is 19.0 Å². The fraction of sp³-hybridized carbons (Fsp3) is 0.350. The summed E-state index contributed by atoms with van der Waals surface area (Å²) in [5.74, 6) is -0.854. The van der Waals surface area contributed by atoms with Crippen molar-refractivity contribution in [1.82, 2.24) is 5.32 Å². The Morgan fingerprint density at radius 2 is 1.88 bits per heavy atom. The molecule has 4 nitrogen and oxygen atoms in total. The van der Waals surface area contributed by atoms with Crippen LogP contribution in [0, 0.1) is 11.7 Å². The number of hydrogen-bond donors (Lipinski definition) is 2. The van der Waals surface area contributed by atoms with Gasteiger partial charge in [0, 0.05) is 0 Å². The number of carboxylic acid groups (broad SMARTS) is 1. The van der Waals surface area contributed by atoms with E-state index in [1.54, 1.807) is 6.07 Å². The third-order valence-corrected chi connectivity index (χ3v) is 4.09. The number of methoxy groups -OCH3 is 1. The van der Waals surface area contributed by atoms with E-state index in [9.17, 15) is 14.3 Å². The van der Waals surface area contributed by atoms with Crippen molar-refractivity contribution in [3.05, 3.63) is 65.5 Å². The Morgan fingerprint density at radius 1 is 1.16 bits per heavy atom. The number of carbonyl (C=O) groups is 1. The largest absolute Gasteiger partial charge is 0.494 e. The van der Waals surface area contributed by atoms with Gasteiger partial charge in [-0.2, -0.15) is 0 Å². The molecule has 5 heteroatoms. The minimum atomic E-state index is -0.869. The number of halogens is 1. The van der Waals surface area contributed by atoms with E-state index < -0.39 is 12.0 Å². The van der Waals surface area contributed by atoms with Crippen molar-refractivity contribution in [3.63, 3.8) is 0 Å². The first kappa shape index (κ1) is 18.9. The van der Waals surface area contributed by atoms with Crippen LogP contribution in [-0.4, -0.2) is 30.8 Å². The Hall–Kier alpha value is -2.40. The highest BCUT2D eigenvalue weighted by Gasteiger charge is 2.18. The second-order valence-electron chi connectivity index (χ2n) is 6.27. The van der Waals surface area contributed by atoms with Gasteiger partial charge in [0.25, 0.3) is 0 Å². The van der Waals surface area contributed by atoms with Crippen molar-refractivity contribution in [1.29, 1.82) is 0 Å². The lowest BCUT2D eigenvalue weighted by molar-refractivity contribution is -0.139. The Bertz CT molecular complexity index is 691. The molecular weight excluding hydrogens is 321 g/mol. The molecule has 0 spiro atoms. The molecule has 0 amide bonds. The summed E-state index contributed by atoms with van der Waals surface area (Å²) in [6, 6.07) is 13.8. The lowest BCUT2D eigenvalue weighted by atomic mass is 9.99. The predicted molar refractivity (Wildman–Crippen MR) is 95.4 cm³/mol. The van der Waals surface area contributed by atoms with Crippen LogP contribution in [0.15, 0.2) is 48.5 Å². The molecule has 0 heterocycles. The van der Waals surface area contributed by atoms with Crippen LogP contribution >= 0.6 is 0 Å². The molecule has 0 aliphatic rings. The molecule has 0 fully saturated rings. The van der Waals surface area contributed by atoms with E-state index in [1.807, 2.05) is 43.3 Å². The summed E-state index contributed by atoms with van der Waals surface area (Å²) in [4.78, 5) is 11.5. The SMILES string of the molecule is COc1ccc(CC(C)CN[C@H](Cc2ccccc2)C(=O)O)cc1F. The van der Waals surface area contributed by atoms with Crippen LogP contribution in [-0.2, 0) is 17.6 Å². The van der Waals surface area contributed by atoms with E-state index >= 15 is 0 Å². The molecule has 134 valence electrons. The molecule has 0 radical (unpaired) electrons. The number of ether oxygens (including phenoxy) is 1. The highest BCUT2D eigenvalue weighted by atomic mass is 19.1. The van der Waals surface area contributed by atoms with Gasteiger partial charge in [-0.25, -0.2) is 4.39 Å². The Morgan fingerprint density at radius 3 is 2.48 bits per heavy atom. The van der Waals surface area contributed by atoms with Gasteiger partial charge in [-0.3, -0.25) is 4.79 Å². The van der Waals surface area contributed by atoms with Gasteiger partial charge in [-0.1, -0.05) is 43.3 Å². The zero-order chi connectivity index (χ0) is 18.2. The standard InChI is InChI=1S/C20H24FNO3/c1-14(10-16-8-9-19(25-2)17(21)11-16)13-22-18(20(23)24)12-15-6-4-3-5-7-15/h3-9,11,14,18,22H,10,12-13H2,1-2H3,(H,23,24)/t14?,18-/m1/s1. The highest BCUT2D eigenvalue weighted by Crippen LogP contribution is 2.19. The number of aliphatic carboxylic acids is 1. The van der Waals surface area contributed by atoms with Gasteiger partial charge in [0.2, 0.25) is 0 Å². The first-order chi connectivity index (χ1) is 12.0. The van der Waals surface area contributed by atoms with E-state index in [0.717, 1.165) is 11.1 Å². The van der Waals surface area contributed by atoms with Gasteiger partial charge < -0.3 is 15.2 Å². The summed E-state index contributed by atoms with van der Waals surface area (Å²) < 4.78 is 18.7. The smallest absolute Gasteiger partial charge is 0.321 e. The number of hydrogen-bond acceptors (Lipinski definition) is 3. The lowest BCUT2D eigenvalue weighted by Gasteiger charge is -2.18. The van der Waals surface area contributed by atoms with Crippen molar-refractivity contribution in [2.75, 3.05) is 13.7 Å². The lowest BCUT2D eigenvalue weighted by Crippen LogP contribution is -2.41. The third-order valence-electron chi connectivity index (χ3n) is 4.09. The molecule has 2 rings (SSSR count). The Kier molecular flexibility index (Phi) is 6.95. The molecule has 2 aromatic carbocycles. The van der Waals surface area contributed by atoms with Gasteiger partial charge in [-0.15, -0.1) is 0 Å². The van der Waals surface area contributed by atoms with E-state index in [2.05, 4.69) is 5.32 Å². The van der Waals surface area contributed by atoms with Gasteiger partial charge in [0.05, 0.1) is 7.11 Å². The minimum Gasteiger partial charge on any atom is -0.494 e. The van der Waals surface area contributed by atoms with Crippen LogP contribution in [0.4, 0.5) is 4.39 Å². The summed E-state index contributed by atoms with van der Waals surface area (Å²) in [6.45, 7) is 2.55. The van der Waals surface area contributed by atoms with Crippen molar-refractivity contribution in [2.24, 2.45) is 5.92 Å². The van der Waals surface area contributed by atoms with Gasteiger partial charge in [0.1, 0.15) is 6.04 Å². The van der Waals surface area contributed by atoms with Crippen LogP contribution < -0.4 is 10.1 Å². The maximum Gasteiger partial charge on any atom is 0.321 e. The van der Waals surface area contributed by atoms with Gasteiger partial charge >= 0.3 is 5.97 Å². The zero-order valence-electron chi connectivity index (χ0n) is 14.5. The number of rotatable bonds is 9. The molecule has 0 bridgehead atoms. The number of nitrogens with one attached hydrogen (secondary N) is 1. The van der Waals surface area contributed by atoms with Gasteiger partial charge in [-0.05, 0) is 48.6 Å². The minimum absolute atomic E-state index is 0.172. The molecule has 2 aromatic rings. The number of benzene rings is 2. The summed E-state index contributed by atoms with van der Waals surface area (Å²) in [7, 11) is 1.43. The predicted octanol–water partition coefficient (Wildman–Crippen LogP) is 3.30. The summed E-state index contributed by atoms with van der Waals surface area (Å²) in [5, 5.41) is 12.5. The second kappa shape index (κ2) is 9.18. The summed E-state index contributed by atoms with van der Waals surface area (Å²) in [6.07, 6.45) is 1.09. The molecule has 2 atom stereocenters. The normalized spacial score (nSPS) is 13.2. The molecule has 0 saturated carbocycles. The fourth-order valence-electron chi connectivity index (χ4n) is 2.75. The van der Waals surface area contributed by atoms with Crippen molar-refractivity contribution in [2.45, 2.75) is 25.8 Å². The van der Waals surface area contributed by atoms with E-state index in [1.165, 1.54) is 13.2 Å². The fourth-order valence-corrected chi connectivity index (χ4v) is 2.75. The first-order valence-corrected chi connectivity index (χ1v) is 8.32. The second-order valence-corrected chi connectivity index (χ2v) is 6.27. The van der Waals surface area contributed by atoms with E-state index in [4.69, 9.17) is 4.74 Å². The Balaban J connectivity index is 1.89. The summed E-state index contributed by atoms with van der Waals surface area (Å²) in [5.41, 5.74) is 1.84. The first-order valence-electron chi connectivity index (χ1n) is 8.32. The van der Waals surface area contributed by atoms with Crippen molar-refractivity contribution in [3.8, 4) is 5.75 Å². The molecule has 2 N–H and O–H groups in total. The van der Waals surface area contributed by atoms with Crippen LogP contribution in [0.1, 0.15) is 18.1 Å². The zero-order valence-corrected chi connectivity index (χ0v) is 14.5. The van der Waals surface area contributed by atoms with E-state index in [-0.39, 0.29) is 17.5 Å².